The van der Waals surface area contributed by atoms with E-state index < -0.39 is 29.0 Å². The highest BCUT2D eigenvalue weighted by atomic mass is 35.5. The molecule has 8 aromatic rings. The van der Waals surface area contributed by atoms with E-state index in [-0.39, 0.29) is 29.2 Å². The van der Waals surface area contributed by atoms with Crippen molar-refractivity contribution in [2.45, 2.75) is 65.0 Å². The van der Waals surface area contributed by atoms with Gasteiger partial charge in [-0.15, -0.1) is 0 Å². The van der Waals surface area contributed by atoms with E-state index in [1.54, 1.807) is 26.4 Å². The molecule has 0 bridgehead atoms. The Balaban J connectivity index is 0.000000158. The molecule has 0 unspecified atom stereocenters. The van der Waals surface area contributed by atoms with E-state index in [0.29, 0.717) is 72.0 Å². The van der Waals surface area contributed by atoms with Crippen molar-refractivity contribution in [3.05, 3.63) is 134 Å². The average molecular weight is 975 g/mol. The number of rotatable bonds is 9. The molecule has 2 aliphatic rings. The number of hydrogen-bond donors (Lipinski definition) is 3. The maximum absolute atomic E-state index is 12.9. The van der Waals surface area contributed by atoms with Crippen LogP contribution in [-0.4, -0.2) is 85.2 Å². The van der Waals surface area contributed by atoms with Crippen molar-refractivity contribution in [1.29, 1.82) is 0 Å². The van der Waals surface area contributed by atoms with Gasteiger partial charge >= 0.3 is 23.7 Å². The largest absolute Gasteiger partial charge is 0.433 e. The second-order valence-electron chi connectivity index (χ2n) is 17.2. The summed E-state index contributed by atoms with van der Waals surface area (Å²) in [6, 6.07) is 17.7. The van der Waals surface area contributed by atoms with Crippen molar-refractivity contribution in [2.75, 3.05) is 31.1 Å². The molecule has 0 aliphatic carbocycles. The monoisotopic (exact) mass is 974 g/mol. The molecule has 0 amide bonds. The minimum absolute atomic E-state index is 0.0345. The Kier molecular flexibility index (Phi) is 13.9. The summed E-state index contributed by atoms with van der Waals surface area (Å²) in [4.78, 5) is 64.4. The van der Waals surface area contributed by atoms with Gasteiger partial charge in [-0.25, -0.2) is 49.5 Å². The summed E-state index contributed by atoms with van der Waals surface area (Å²) in [6.45, 7) is 12.4. The topological polar surface area (TPSA) is 194 Å². The van der Waals surface area contributed by atoms with Crippen molar-refractivity contribution < 1.29 is 26.3 Å². The van der Waals surface area contributed by atoms with Gasteiger partial charge in [-0.3, -0.25) is 9.13 Å². The zero-order chi connectivity index (χ0) is 49.2. The number of aromatic nitrogens is 12. The second-order valence-corrected chi connectivity index (χ2v) is 17.5. The molecular formula is C46H45ClF6N14O2. The molecule has 2 aliphatic heterocycles. The summed E-state index contributed by atoms with van der Waals surface area (Å²) in [6.07, 6.45) is -3.59. The Morgan fingerprint density at radius 2 is 1.09 bits per heavy atom. The van der Waals surface area contributed by atoms with E-state index in [0.717, 1.165) is 54.3 Å². The third-order valence-corrected chi connectivity index (χ3v) is 11.7. The van der Waals surface area contributed by atoms with E-state index >= 15 is 0 Å². The Bertz CT molecular complexity index is 3210. The normalized spacial score (nSPS) is 14.4. The van der Waals surface area contributed by atoms with Crippen molar-refractivity contribution in [3.63, 3.8) is 0 Å². The van der Waals surface area contributed by atoms with Crippen molar-refractivity contribution in [3.8, 4) is 22.8 Å². The first-order valence-corrected chi connectivity index (χ1v) is 22.2. The quantitative estimate of drug-likeness (QED) is 0.0930. The number of imidazole rings is 2. The molecule has 6 aromatic heterocycles. The Morgan fingerprint density at radius 1 is 0.623 bits per heavy atom. The fraction of sp³-hybridized carbons (Fsp3) is 0.348. The summed E-state index contributed by atoms with van der Waals surface area (Å²) in [5.74, 6) is 2.44. The predicted octanol–water partition coefficient (Wildman–Crippen LogP) is 8.13. The Labute approximate surface area is 394 Å². The fourth-order valence-electron chi connectivity index (χ4n) is 7.89. The summed E-state index contributed by atoms with van der Waals surface area (Å²) in [5, 5.41) is 2.84. The molecule has 0 atom stereocenters. The van der Waals surface area contributed by atoms with Crippen LogP contribution in [0.25, 0.3) is 45.1 Å². The van der Waals surface area contributed by atoms with Gasteiger partial charge < -0.3 is 20.2 Å². The van der Waals surface area contributed by atoms with Gasteiger partial charge in [0.25, 0.3) is 0 Å². The molecular weight excluding hydrogens is 930 g/mol. The summed E-state index contributed by atoms with van der Waals surface area (Å²) in [5.41, 5.74) is 4.27. The zero-order valence-electron chi connectivity index (χ0n) is 37.5. The van der Waals surface area contributed by atoms with Crippen molar-refractivity contribution in [2.24, 2.45) is 11.8 Å². The van der Waals surface area contributed by atoms with E-state index in [2.05, 4.69) is 78.9 Å². The van der Waals surface area contributed by atoms with Crippen LogP contribution in [0.4, 0.5) is 32.3 Å². The van der Waals surface area contributed by atoms with Gasteiger partial charge in [0.15, 0.2) is 22.9 Å². The number of aromatic amines is 2. The van der Waals surface area contributed by atoms with Crippen LogP contribution in [0.5, 0.6) is 0 Å². The number of nitrogens with one attached hydrogen (secondary N) is 3. The SMILES string of the molecule is CC(C)c1ccccc1-c1ncc2[nH]c(=O)n(CC3CN(c4nccc(C(F)(F)F)n4)C3)c2n1.CC(C)c1ccccc1-c1ncc2[nH]c(=O)n(CC3CNC3)c2n1.FC(F)(F)c1ccnc(Cl)n1. The standard InChI is InChI=1S/C23H22F3N7O.C18H21N5O.C5H2ClF3N2/c1-13(2)15-5-3-4-6-16(15)19-28-9-17-20(31-19)33(22(34)29-17)12-14-10-32(11-14)21-27-8-7-18(30-21)23(24,25)26;1-11(2)13-5-3-4-6-14(13)16-20-9-15-17(22-16)23(18(24)21-15)10-12-7-19-8-12;6-4-10-2-1-3(11-4)5(7,8)9/h3-9,13-14H,10-12H2,1-2H3,(H,29,34);3-6,9,11-12,19H,7-8,10H2,1-2H3,(H,21,24);1-2H. The molecule has 69 heavy (non-hydrogen) atoms. The molecule has 2 saturated heterocycles. The highest BCUT2D eigenvalue weighted by molar-refractivity contribution is 6.28. The summed E-state index contributed by atoms with van der Waals surface area (Å²) >= 11 is 5.13. The number of anilines is 1. The molecule has 16 nitrogen and oxygen atoms in total. The lowest BCUT2D eigenvalue weighted by Gasteiger charge is -2.39. The second kappa shape index (κ2) is 19.9. The molecule has 0 saturated carbocycles. The number of benzene rings is 2. The van der Waals surface area contributed by atoms with Gasteiger partial charge in [0.2, 0.25) is 11.2 Å². The molecule has 8 heterocycles. The van der Waals surface area contributed by atoms with E-state index in [4.69, 9.17) is 21.6 Å². The highest BCUT2D eigenvalue weighted by Crippen LogP contribution is 2.32. The zero-order valence-corrected chi connectivity index (χ0v) is 38.3. The van der Waals surface area contributed by atoms with Crippen molar-refractivity contribution in [1.82, 2.24) is 64.3 Å². The fourth-order valence-corrected chi connectivity index (χ4v) is 8.04. The number of halogens is 7. The van der Waals surface area contributed by atoms with Crippen LogP contribution in [0.1, 0.15) is 62.0 Å². The van der Waals surface area contributed by atoms with Gasteiger partial charge in [0, 0.05) is 74.6 Å². The van der Waals surface area contributed by atoms with Crippen LogP contribution in [0.3, 0.4) is 0 Å². The van der Waals surface area contributed by atoms with Crippen LogP contribution in [0, 0.1) is 11.8 Å². The van der Waals surface area contributed by atoms with E-state index in [1.807, 2.05) is 42.5 Å². The lowest BCUT2D eigenvalue weighted by molar-refractivity contribution is -0.142. The lowest BCUT2D eigenvalue weighted by Crippen LogP contribution is -2.50. The highest BCUT2D eigenvalue weighted by Gasteiger charge is 2.36. The average Bonchev–Trinajstić information content (AvgIpc) is 3.78. The first kappa shape index (κ1) is 48.4. The van der Waals surface area contributed by atoms with Gasteiger partial charge in [-0.1, -0.05) is 76.2 Å². The number of nitrogens with zero attached hydrogens (tertiary/aromatic N) is 11. The van der Waals surface area contributed by atoms with Gasteiger partial charge in [-0.2, -0.15) is 26.3 Å². The predicted molar refractivity (Wildman–Crippen MR) is 246 cm³/mol. The molecule has 360 valence electrons. The van der Waals surface area contributed by atoms with Crippen LogP contribution in [-0.2, 0) is 25.4 Å². The lowest BCUT2D eigenvalue weighted by atomic mass is 9.97. The number of fused-ring (bicyclic) bond motifs is 2. The maximum Gasteiger partial charge on any atom is 0.433 e. The smallest absolute Gasteiger partial charge is 0.340 e. The van der Waals surface area contributed by atoms with E-state index in [9.17, 15) is 35.9 Å². The first-order chi connectivity index (χ1) is 32.8. The molecule has 2 aromatic carbocycles. The van der Waals surface area contributed by atoms with Crippen LogP contribution >= 0.6 is 11.6 Å². The summed E-state index contributed by atoms with van der Waals surface area (Å²) < 4.78 is 77.6. The number of alkyl halides is 6. The van der Waals surface area contributed by atoms with Crippen LogP contribution in [0.15, 0.2) is 95.0 Å². The molecule has 3 N–H and O–H groups in total. The Morgan fingerprint density at radius 3 is 1.52 bits per heavy atom. The maximum atomic E-state index is 12.9. The van der Waals surface area contributed by atoms with Crippen molar-refractivity contribution >= 4 is 39.9 Å². The first-order valence-electron chi connectivity index (χ1n) is 21.8. The molecule has 0 radical (unpaired) electrons. The summed E-state index contributed by atoms with van der Waals surface area (Å²) in [7, 11) is 0. The van der Waals surface area contributed by atoms with Gasteiger partial charge in [-0.05, 0) is 46.7 Å². The molecule has 0 spiro atoms. The van der Waals surface area contributed by atoms with Gasteiger partial charge in [0.1, 0.15) is 22.4 Å². The molecule has 2 fully saturated rings. The Hall–Kier alpha value is -7.07. The minimum atomic E-state index is -4.52. The number of H-pyrrole nitrogens is 2. The molecule has 10 rings (SSSR count). The number of hydrogen-bond acceptors (Lipinski definition) is 12. The molecule has 23 heteroatoms. The third kappa shape index (κ3) is 11.0. The third-order valence-electron chi connectivity index (χ3n) is 11.5. The van der Waals surface area contributed by atoms with E-state index in [1.165, 1.54) is 5.56 Å². The minimum Gasteiger partial charge on any atom is -0.340 e. The van der Waals surface area contributed by atoms with Gasteiger partial charge in [0.05, 0.1) is 12.4 Å². The van der Waals surface area contributed by atoms with Crippen LogP contribution < -0.4 is 21.6 Å². The van der Waals surface area contributed by atoms with Crippen LogP contribution in [0.2, 0.25) is 5.28 Å².